The van der Waals surface area contributed by atoms with E-state index in [4.69, 9.17) is 0 Å². The molecule has 0 spiro atoms. The molecule has 2 aromatic rings. The highest BCUT2D eigenvalue weighted by Gasteiger charge is 2.17. The van der Waals surface area contributed by atoms with Crippen LogP contribution in [0.3, 0.4) is 0 Å². The molecular weight excluding hydrogens is 266 g/mol. The molecule has 7 heteroatoms. The van der Waals surface area contributed by atoms with Crippen LogP contribution in [0.4, 0.5) is 10.3 Å². The van der Waals surface area contributed by atoms with Crippen molar-refractivity contribution in [2.24, 2.45) is 0 Å². The molecule has 2 aromatic heterocycles. The Labute approximate surface area is 114 Å². The normalized spacial score (nSPS) is 15.3. The number of rotatable bonds is 4. The van der Waals surface area contributed by atoms with Crippen LogP contribution in [-0.4, -0.2) is 34.8 Å². The lowest BCUT2D eigenvalue weighted by Gasteiger charge is -2.11. The molecule has 1 aliphatic heterocycles. The van der Waals surface area contributed by atoms with Gasteiger partial charge in [0.15, 0.2) is 10.1 Å². The highest BCUT2D eigenvalue weighted by molar-refractivity contribution is 7.25. The van der Waals surface area contributed by atoms with Crippen molar-refractivity contribution >= 4 is 32.9 Å². The number of nitrogens with zero attached hydrogens (tertiary/aromatic N) is 4. The molecule has 0 atom stereocenters. The van der Waals surface area contributed by atoms with E-state index in [9.17, 15) is 0 Å². The predicted molar refractivity (Wildman–Crippen MR) is 76.6 cm³/mol. The molecule has 18 heavy (non-hydrogen) atoms. The molecule has 0 aliphatic carbocycles. The first-order valence-electron chi connectivity index (χ1n) is 6.15. The van der Waals surface area contributed by atoms with Gasteiger partial charge in [-0.15, -0.1) is 10.2 Å². The number of thiazole rings is 1. The zero-order valence-electron chi connectivity index (χ0n) is 10.2. The molecule has 1 N–H and O–H groups in total. The minimum atomic E-state index is 0.871. The minimum Gasteiger partial charge on any atom is -0.360 e. The van der Waals surface area contributed by atoms with Gasteiger partial charge < -0.3 is 10.2 Å². The van der Waals surface area contributed by atoms with Gasteiger partial charge in [-0.05, 0) is 19.8 Å². The second-order valence-corrected chi connectivity index (χ2v) is 6.13. The fourth-order valence-electron chi connectivity index (χ4n) is 1.96. The van der Waals surface area contributed by atoms with Crippen LogP contribution in [0.15, 0.2) is 6.20 Å². The number of hydrogen-bond donors (Lipinski definition) is 1. The maximum atomic E-state index is 4.49. The Morgan fingerprint density at radius 1 is 1.28 bits per heavy atom. The summed E-state index contributed by atoms with van der Waals surface area (Å²) in [6.07, 6.45) is 4.46. The summed E-state index contributed by atoms with van der Waals surface area (Å²) in [5.41, 5.74) is 0. The molecule has 1 aliphatic rings. The third-order valence-corrected chi connectivity index (χ3v) is 4.94. The van der Waals surface area contributed by atoms with Gasteiger partial charge in [-0.1, -0.05) is 22.7 Å². The quantitative estimate of drug-likeness (QED) is 0.934. The van der Waals surface area contributed by atoms with E-state index in [1.165, 1.54) is 12.8 Å². The monoisotopic (exact) mass is 281 g/mol. The summed E-state index contributed by atoms with van der Waals surface area (Å²) in [5.74, 6) is 0. The van der Waals surface area contributed by atoms with Crippen molar-refractivity contribution in [3.05, 3.63) is 6.20 Å². The number of nitrogens with one attached hydrogen (secondary N) is 1. The van der Waals surface area contributed by atoms with Crippen molar-refractivity contribution in [1.82, 2.24) is 15.2 Å². The van der Waals surface area contributed by atoms with Crippen LogP contribution in [0.2, 0.25) is 0 Å². The standard InChI is InChI=1S/C11H15N5S2/c1-2-12-10-15-14-9(18-10)8-7-13-11(17-8)16-5-3-4-6-16/h7H,2-6H2,1H3,(H,12,15). The fraction of sp³-hybridized carbons (Fsp3) is 0.545. The first kappa shape index (κ1) is 11.9. The van der Waals surface area contributed by atoms with E-state index in [0.29, 0.717) is 0 Å². The predicted octanol–water partition coefficient (Wildman–Crippen LogP) is 2.69. The molecule has 0 amide bonds. The second-order valence-electron chi connectivity index (χ2n) is 4.14. The highest BCUT2D eigenvalue weighted by Crippen LogP contribution is 2.34. The molecule has 0 saturated carbocycles. The molecule has 96 valence electrons. The zero-order valence-corrected chi connectivity index (χ0v) is 11.9. The van der Waals surface area contributed by atoms with Gasteiger partial charge in [0.25, 0.3) is 0 Å². The van der Waals surface area contributed by atoms with Crippen LogP contribution >= 0.6 is 22.7 Å². The van der Waals surface area contributed by atoms with Gasteiger partial charge in [-0.3, -0.25) is 0 Å². The summed E-state index contributed by atoms with van der Waals surface area (Å²) in [4.78, 5) is 7.95. The van der Waals surface area contributed by atoms with Crippen molar-refractivity contribution in [3.63, 3.8) is 0 Å². The lowest BCUT2D eigenvalue weighted by Crippen LogP contribution is -2.16. The van der Waals surface area contributed by atoms with Crippen molar-refractivity contribution in [2.75, 3.05) is 29.9 Å². The molecule has 0 radical (unpaired) electrons. The summed E-state index contributed by atoms with van der Waals surface area (Å²) in [6.45, 7) is 5.19. The minimum absolute atomic E-state index is 0.871. The Kier molecular flexibility index (Phi) is 3.42. The Morgan fingerprint density at radius 3 is 2.89 bits per heavy atom. The molecule has 5 nitrogen and oxygen atoms in total. The molecular formula is C11H15N5S2. The van der Waals surface area contributed by atoms with E-state index in [1.807, 2.05) is 6.20 Å². The van der Waals surface area contributed by atoms with Crippen LogP contribution in [0.1, 0.15) is 19.8 Å². The van der Waals surface area contributed by atoms with E-state index >= 15 is 0 Å². The highest BCUT2D eigenvalue weighted by atomic mass is 32.1. The summed E-state index contributed by atoms with van der Waals surface area (Å²) < 4.78 is 0. The van der Waals surface area contributed by atoms with Gasteiger partial charge in [-0.2, -0.15) is 0 Å². The molecule has 0 bridgehead atoms. The maximum absolute atomic E-state index is 4.49. The lowest BCUT2D eigenvalue weighted by atomic mass is 10.4. The summed E-state index contributed by atoms with van der Waals surface area (Å²) in [6, 6.07) is 0. The van der Waals surface area contributed by atoms with Crippen LogP contribution < -0.4 is 10.2 Å². The van der Waals surface area contributed by atoms with Gasteiger partial charge in [0.05, 0.1) is 11.1 Å². The molecule has 0 aromatic carbocycles. The largest absolute Gasteiger partial charge is 0.360 e. The fourth-order valence-corrected chi connectivity index (χ4v) is 3.78. The van der Waals surface area contributed by atoms with Crippen LogP contribution in [-0.2, 0) is 0 Å². The molecule has 3 rings (SSSR count). The van der Waals surface area contributed by atoms with Crippen LogP contribution in [0.5, 0.6) is 0 Å². The van der Waals surface area contributed by atoms with Crippen LogP contribution in [0.25, 0.3) is 9.88 Å². The Bertz CT molecular complexity index is 515. The molecule has 0 unspecified atom stereocenters. The first-order valence-corrected chi connectivity index (χ1v) is 7.78. The molecule has 3 heterocycles. The third kappa shape index (κ3) is 2.32. The van der Waals surface area contributed by atoms with E-state index in [-0.39, 0.29) is 0 Å². The third-order valence-electron chi connectivity index (χ3n) is 2.83. The van der Waals surface area contributed by atoms with Crippen molar-refractivity contribution in [3.8, 4) is 9.88 Å². The Balaban J connectivity index is 1.78. The molecule has 1 fully saturated rings. The van der Waals surface area contributed by atoms with Gasteiger partial charge in [-0.25, -0.2) is 4.98 Å². The van der Waals surface area contributed by atoms with Crippen molar-refractivity contribution < 1.29 is 0 Å². The SMILES string of the molecule is CCNc1nnc(-c2cnc(N3CCCC3)s2)s1. The van der Waals surface area contributed by atoms with Gasteiger partial charge in [0, 0.05) is 19.6 Å². The number of aromatic nitrogens is 3. The van der Waals surface area contributed by atoms with Gasteiger partial charge in [0.2, 0.25) is 5.13 Å². The van der Waals surface area contributed by atoms with Gasteiger partial charge in [0.1, 0.15) is 0 Å². The van der Waals surface area contributed by atoms with E-state index in [0.717, 1.165) is 39.8 Å². The number of hydrogen-bond acceptors (Lipinski definition) is 7. The summed E-state index contributed by atoms with van der Waals surface area (Å²) in [7, 11) is 0. The average molecular weight is 281 g/mol. The van der Waals surface area contributed by atoms with Gasteiger partial charge >= 0.3 is 0 Å². The van der Waals surface area contributed by atoms with Crippen molar-refractivity contribution in [2.45, 2.75) is 19.8 Å². The van der Waals surface area contributed by atoms with Crippen LogP contribution in [0, 0.1) is 0 Å². The topological polar surface area (TPSA) is 53.9 Å². The van der Waals surface area contributed by atoms with E-state index in [2.05, 4.69) is 32.3 Å². The van der Waals surface area contributed by atoms with E-state index in [1.54, 1.807) is 22.7 Å². The van der Waals surface area contributed by atoms with E-state index < -0.39 is 0 Å². The lowest BCUT2D eigenvalue weighted by molar-refractivity contribution is 0.949. The summed E-state index contributed by atoms with van der Waals surface area (Å²) in [5, 5.41) is 14.4. The Hall–Kier alpha value is -1.21. The maximum Gasteiger partial charge on any atom is 0.206 e. The average Bonchev–Trinajstić information content (AvgIpc) is 3.10. The Morgan fingerprint density at radius 2 is 2.11 bits per heavy atom. The smallest absolute Gasteiger partial charge is 0.206 e. The zero-order chi connectivity index (χ0) is 12.4. The molecule has 1 saturated heterocycles. The van der Waals surface area contributed by atoms with Crippen molar-refractivity contribution in [1.29, 1.82) is 0 Å². The first-order chi connectivity index (χ1) is 8.86. The number of anilines is 2. The summed E-state index contributed by atoms with van der Waals surface area (Å²) >= 11 is 3.29. The second kappa shape index (κ2) is 5.19.